The molecule has 0 radical (unpaired) electrons. The predicted octanol–water partition coefficient (Wildman–Crippen LogP) is 4.92. The van der Waals surface area contributed by atoms with E-state index in [0.29, 0.717) is 29.6 Å². The molecule has 0 atom stereocenters. The molecule has 1 aromatic carbocycles. The molecule has 1 aromatic heterocycles. The number of carbonyl (C=O) groups is 1. The molecule has 0 bridgehead atoms. The molecule has 2 aromatic rings. The summed E-state index contributed by atoms with van der Waals surface area (Å²) in [4.78, 5) is 15.2. The van der Waals surface area contributed by atoms with Gasteiger partial charge < -0.3 is 20.5 Å². The van der Waals surface area contributed by atoms with Crippen molar-refractivity contribution in [3.8, 4) is 11.6 Å². The van der Waals surface area contributed by atoms with Crippen molar-refractivity contribution < 1.29 is 15.0 Å². The van der Waals surface area contributed by atoms with Gasteiger partial charge in [-0.1, -0.05) is 45.2 Å². The van der Waals surface area contributed by atoms with Crippen LogP contribution in [0.1, 0.15) is 73.5 Å². The second kappa shape index (κ2) is 7.85. The summed E-state index contributed by atoms with van der Waals surface area (Å²) in [5.74, 6) is -0.0780. The van der Waals surface area contributed by atoms with Gasteiger partial charge in [0.2, 0.25) is 5.88 Å². The minimum atomic E-state index is -0.517. The number of hydrogen-bond acceptors (Lipinski definition) is 3. The van der Waals surface area contributed by atoms with Crippen molar-refractivity contribution in [1.29, 1.82) is 0 Å². The minimum absolute atomic E-state index is 0.1000. The molecule has 1 fully saturated rings. The Morgan fingerprint density at radius 3 is 2.42 bits per heavy atom. The van der Waals surface area contributed by atoms with E-state index in [0.717, 1.165) is 0 Å². The topological polar surface area (TPSA) is 85.3 Å². The van der Waals surface area contributed by atoms with Crippen LogP contribution in [0.3, 0.4) is 0 Å². The molecule has 5 nitrogen and oxygen atoms in total. The normalized spacial score (nSPS) is 15.3. The van der Waals surface area contributed by atoms with Crippen LogP contribution in [0.25, 0.3) is 0 Å². The highest BCUT2D eigenvalue weighted by molar-refractivity contribution is 6.08. The van der Waals surface area contributed by atoms with E-state index < -0.39 is 5.91 Å². The van der Waals surface area contributed by atoms with Crippen LogP contribution in [0.4, 0.5) is 5.69 Å². The van der Waals surface area contributed by atoms with Gasteiger partial charge in [-0.2, -0.15) is 0 Å². The molecule has 0 aliphatic heterocycles. The van der Waals surface area contributed by atoms with Crippen molar-refractivity contribution >= 4 is 11.6 Å². The summed E-state index contributed by atoms with van der Waals surface area (Å²) in [6, 6.07) is 7.90. The highest BCUT2D eigenvalue weighted by atomic mass is 16.3. The Morgan fingerprint density at radius 1 is 1.15 bits per heavy atom. The fraction of sp³-hybridized carbons (Fsp3) is 0.476. The largest absolute Gasteiger partial charge is 0.505 e. The average molecular weight is 356 g/mol. The highest BCUT2D eigenvalue weighted by Gasteiger charge is 2.23. The lowest BCUT2D eigenvalue weighted by molar-refractivity contribution is 0.102. The fourth-order valence-electron chi connectivity index (χ4n) is 3.77. The lowest BCUT2D eigenvalue weighted by atomic mass is 9.84. The van der Waals surface area contributed by atoms with Gasteiger partial charge in [0.05, 0.1) is 5.69 Å². The van der Waals surface area contributed by atoms with Crippen LogP contribution in [0.2, 0.25) is 0 Å². The van der Waals surface area contributed by atoms with Crippen molar-refractivity contribution in [2.45, 2.75) is 58.3 Å². The molecule has 0 saturated heterocycles. The molecule has 1 saturated carbocycles. The second-order valence-corrected chi connectivity index (χ2v) is 7.68. The number of aromatic hydroxyl groups is 2. The van der Waals surface area contributed by atoms with E-state index in [1.807, 2.05) is 26.0 Å². The summed E-state index contributed by atoms with van der Waals surface area (Å²) in [6.07, 6.45) is 6.92. The van der Waals surface area contributed by atoms with Crippen LogP contribution in [0.15, 0.2) is 24.3 Å². The number of amides is 1. The number of hydrogen-bond donors (Lipinski definition) is 4. The first-order valence-corrected chi connectivity index (χ1v) is 9.49. The Bertz CT molecular complexity index is 756. The van der Waals surface area contributed by atoms with Gasteiger partial charge in [0.1, 0.15) is 5.56 Å². The molecular weight excluding hydrogens is 328 g/mol. The molecule has 140 valence electrons. The van der Waals surface area contributed by atoms with Crippen LogP contribution in [-0.2, 0) is 6.42 Å². The summed E-state index contributed by atoms with van der Waals surface area (Å²) < 4.78 is 0. The molecule has 1 heterocycles. The van der Waals surface area contributed by atoms with E-state index in [1.54, 1.807) is 0 Å². The van der Waals surface area contributed by atoms with E-state index >= 15 is 0 Å². The fourth-order valence-corrected chi connectivity index (χ4v) is 3.77. The zero-order valence-corrected chi connectivity index (χ0v) is 15.5. The minimum Gasteiger partial charge on any atom is -0.505 e. The van der Waals surface area contributed by atoms with Crippen LogP contribution < -0.4 is 5.32 Å². The molecule has 1 amide bonds. The van der Waals surface area contributed by atoms with Gasteiger partial charge in [0.25, 0.3) is 5.91 Å². The number of anilines is 1. The number of aromatic amines is 1. The Morgan fingerprint density at radius 2 is 1.81 bits per heavy atom. The molecule has 26 heavy (non-hydrogen) atoms. The third-order valence-electron chi connectivity index (χ3n) is 5.11. The zero-order chi connectivity index (χ0) is 18.7. The molecule has 0 spiro atoms. The van der Waals surface area contributed by atoms with Gasteiger partial charge in [-0.05, 0) is 48.8 Å². The summed E-state index contributed by atoms with van der Waals surface area (Å²) >= 11 is 0. The summed E-state index contributed by atoms with van der Waals surface area (Å²) in [5, 5.41) is 23.0. The number of nitrogens with one attached hydrogen (secondary N) is 2. The molecule has 1 aliphatic rings. The molecule has 0 unspecified atom stereocenters. The molecule has 5 heteroatoms. The van der Waals surface area contributed by atoms with Crippen molar-refractivity contribution in [2.75, 3.05) is 5.32 Å². The summed E-state index contributed by atoms with van der Waals surface area (Å²) in [6.45, 7) is 4.01. The van der Waals surface area contributed by atoms with Crippen molar-refractivity contribution in [1.82, 2.24) is 4.98 Å². The maximum atomic E-state index is 12.5. The van der Waals surface area contributed by atoms with E-state index in [-0.39, 0.29) is 17.2 Å². The van der Waals surface area contributed by atoms with Gasteiger partial charge in [0, 0.05) is 5.69 Å². The van der Waals surface area contributed by atoms with E-state index in [2.05, 4.69) is 22.4 Å². The smallest absolute Gasteiger partial charge is 0.264 e. The van der Waals surface area contributed by atoms with Crippen molar-refractivity contribution in [3.05, 3.63) is 41.1 Å². The Balaban J connectivity index is 1.71. The quantitative estimate of drug-likeness (QED) is 0.613. The van der Waals surface area contributed by atoms with Gasteiger partial charge >= 0.3 is 0 Å². The third-order valence-corrected chi connectivity index (χ3v) is 5.11. The van der Waals surface area contributed by atoms with Crippen LogP contribution >= 0.6 is 0 Å². The molecule has 1 aliphatic carbocycles. The Labute approximate surface area is 154 Å². The van der Waals surface area contributed by atoms with E-state index in [4.69, 9.17) is 0 Å². The molecule has 3 rings (SSSR count). The lowest BCUT2D eigenvalue weighted by Crippen LogP contribution is -2.12. The monoisotopic (exact) mass is 356 g/mol. The lowest BCUT2D eigenvalue weighted by Gasteiger charge is -2.22. The SMILES string of the molecule is CC(C)Cc1[nH]c(O)c(C(=O)Nc2ccc(C3CCCCC3)cc2)c1O. The van der Waals surface area contributed by atoms with E-state index in [9.17, 15) is 15.0 Å². The molecular formula is C21H28N2O3. The first-order chi connectivity index (χ1) is 12.5. The van der Waals surface area contributed by atoms with Crippen molar-refractivity contribution in [3.63, 3.8) is 0 Å². The number of carbonyl (C=O) groups excluding carboxylic acids is 1. The maximum Gasteiger partial charge on any atom is 0.264 e. The first kappa shape index (κ1) is 18.4. The number of rotatable bonds is 5. The zero-order valence-electron chi connectivity index (χ0n) is 15.5. The van der Waals surface area contributed by atoms with Gasteiger partial charge in [-0.15, -0.1) is 0 Å². The summed E-state index contributed by atoms with van der Waals surface area (Å²) in [5.41, 5.74) is 2.35. The first-order valence-electron chi connectivity index (χ1n) is 9.49. The van der Waals surface area contributed by atoms with Gasteiger partial charge in [-0.25, -0.2) is 0 Å². The standard InChI is InChI=1S/C21H28N2O3/c1-13(2)12-17-19(24)18(21(26)23-17)20(25)22-16-10-8-15(9-11-16)14-6-4-3-5-7-14/h8-11,13-14,23-24,26H,3-7,12H2,1-2H3,(H,22,25). The Hall–Kier alpha value is -2.43. The second-order valence-electron chi connectivity index (χ2n) is 7.68. The van der Waals surface area contributed by atoms with Crippen molar-refractivity contribution in [2.24, 2.45) is 5.92 Å². The van der Waals surface area contributed by atoms with Crippen LogP contribution in [0.5, 0.6) is 11.6 Å². The number of H-pyrrole nitrogens is 1. The highest BCUT2D eigenvalue weighted by Crippen LogP contribution is 2.34. The van der Waals surface area contributed by atoms with Gasteiger partial charge in [0.15, 0.2) is 5.75 Å². The predicted molar refractivity (Wildman–Crippen MR) is 103 cm³/mol. The van der Waals surface area contributed by atoms with Crippen LogP contribution in [0, 0.1) is 5.92 Å². The number of aromatic nitrogens is 1. The maximum absolute atomic E-state index is 12.5. The average Bonchev–Trinajstić information content (AvgIpc) is 2.89. The van der Waals surface area contributed by atoms with Crippen LogP contribution in [-0.4, -0.2) is 21.1 Å². The van der Waals surface area contributed by atoms with E-state index in [1.165, 1.54) is 37.7 Å². The molecule has 4 N–H and O–H groups in total. The number of benzene rings is 1. The third kappa shape index (κ3) is 4.03. The summed E-state index contributed by atoms with van der Waals surface area (Å²) in [7, 11) is 0. The Kier molecular flexibility index (Phi) is 5.55. The van der Waals surface area contributed by atoms with Gasteiger partial charge in [-0.3, -0.25) is 4.79 Å².